The summed E-state index contributed by atoms with van der Waals surface area (Å²) >= 11 is 4.93. The number of phenols is 2. The third-order valence-electron chi connectivity index (χ3n) is 2.81. The van der Waals surface area contributed by atoms with Crippen molar-refractivity contribution in [3.8, 4) is 11.5 Å². The van der Waals surface area contributed by atoms with Crippen LogP contribution in [0.25, 0.3) is 6.08 Å². The number of carbonyl (C=O) groups excluding carboxylic acids is 2. The van der Waals surface area contributed by atoms with Crippen molar-refractivity contribution in [2.75, 3.05) is 6.54 Å². The topological polar surface area (TPSA) is 121 Å². The number of aromatic hydroxyl groups is 2. The van der Waals surface area contributed by atoms with Gasteiger partial charge in [-0.2, -0.15) is 0 Å². The highest BCUT2D eigenvalue weighted by atomic mass is 32.1. The van der Waals surface area contributed by atoms with E-state index in [2.05, 4.69) is 11.9 Å². The zero-order chi connectivity index (χ0) is 15.6. The fourth-order valence-corrected chi connectivity index (χ4v) is 2.04. The van der Waals surface area contributed by atoms with Gasteiger partial charge in [0, 0.05) is 6.54 Å². The molecule has 1 aliphatic rings. The van der Waals surface area contributed by atoms with E-state index >= 15 is 0 Å². The summed E-state index contributed by atoms with van der Waals surface area (Å²) in [7, 11) is 0. The van der Waals surface area contributed by atoms with E-state index in [4.69, 9.17) is 12.2 Å². The number of hydrogen-bond donors (Lipinski definition) is 3. The summed E-state index contributed by atoms with van der Waals surface area (Å²) in [6, 6.07) is 3.97. The van der Waals surface area contributed by atoms with E-state index in [0.717, 1.165) is 0 Å². The van der Waals surface area contributed by atoms with Crippen LogP contribution in [0.1, 0.15) is 5.56 Å². The molecule has 0 saturated carbocycles. The third-order valence-corrected chi connectivity index (χ3v) is 3.13. The lowest BCUT2D eigenvalue weighted by Crippen LogP contribution is -2.53. The molecule has 1 aromatic carbocycles. The average molecular weight is 322 g/mol. The fraction of sp³-hybridized carbons (Fsp3) is 0.0714. The Hall–Kier alpha value is -2.71. The van der Waals surface area contributed by atoms with Gasteiger partial charge in [0.1, 0.15) is 5.57 Å². The Morgan fingerprint density at radius 1 is 1.27 bits per heavy atom. The molecule has 8 heteroatoms. The van der Waals surface area contributed by atoms with Gasteiger partial charge in [0.25, 0.3) is 11.8 Å². The highest BCUT2D eigenvalue weighted by molar-refractivity contribution is 7.80. The molecule has 1 aliphatic heterocycles. The summed E-state index contributed by atoms with van der Waals surface area (Å²) in [5, 5.41) is 21.1. The molecule has 1 heterocycles. The third kappa shape index (κ3) is 3.30. The Balaban J connectivity index is 0.00000242. The number of nitrogens with zero attached hydrogens (tertiary/aromatic N) is 1. The van der Waals surface area contributed by atoms with Gasteiger partial charge in [0.05, 0.1) is 0 Å². The molecule has 2 amide bonds. The fourth-order valence-electron chi connectivity index (χ4n) is 1.79. The monoisotopic (exact) mass is 322 g/mol. The Labute approximate surface area is 131 Å². The molecular weight excluding hydrogens is 308 g/mol. The van der Waals surface area contributed by atoms with E-state index in [1.807, 2.05) is 0 Å². The van der Waals surface area contributed by atoms with Gasteiger partial charge in [0.2, 0.25) is 0 Å². The smallest absolute Gasteiger partial charge is 0.265 e. The van der Waals surface area contributed by atoms with Crippen molar-refractivity contribution in [3.05, 3.63) is 42.0 Å². The normalized spacial score (nSPS) is 16.3. The maximum Gasteiger partial charge on any atom is 0.265 e. The number of thiocarbonyl (C=S) groups is 1. The average Bonchev–Trinajstić information content (AvgIpc) is 2.43. The molecule has 1 saturated heterocycles. The maximum absolute atomic E-state index is 12.2. The van der Waals surface area contributed by atoms with Crippen LogP contribution in [0.4, 0.5) is 0 Å². The van der Waals surface area contributed by atoms with Gasteiger partial charge < -0.3 is 15.7 Å². The minimum atomic E-state index is -0.613. The van der Waals surface area contributed by atoms with Crippen molar-refractivity contribution in [1.82, 2.24) is 10.2 Å². The van der Waals surface area contributed by atoms with E-state index < -0.39 is 11.8 Å². The van der Waals surface area contributed by atoms with Crippen molar-refractivity contribution in [1.29, 1.82) is 0 Å². The van der Waals surface area contributed by atoms with Gasteiger partial charge in [-0.05, 0) is 36.0 Å². The molecule has 1 aromatic rings. The van der Waals surface area contributed by atoms with Crippen LogP contribution < -0.4 is 5.32 Å². The summed E-state index contributed by atoms with van der Waals surface area (Å²) in [5.74, 6) is -1.79. The lowest BCUT2D eigenvalue weighted by molar-refractivity contribution is -0.128. The first-order chi connectivity index (χ1) is 9.93. The number of phenolic OH excluding ortho intramolecular Hbond substituents is 2. The molecule has 0 aromatic heterocycles. The summed E-state index contributed by atoms with van der Waals surface area (Å²) in [6.07, 6.45) is 2.81. The molecule has 7 nitrogen and oxygen atoms in total. The molecule has 0 aliphatic carbocycles. The van der Waals surface area contributed by atoms with Crippen LogP contribution in [0.3, 0.4) is 0 Å². The largest absolute Gasteiger partial charge is 0.504 e. The van der Waals surface area contributed by atoms with Crippen LogP contribution in [-0.4, -0.2) is 44.1 Å². The predicted octanol–water partition coefficient (Wildman–Crippen LogP) is 0.0858. The van der Waals surface area contributed by atoms with Crippen molar-refractivity contribution in [2.45, 2.75) is 0 Å². The van der Waals surface area contributed by atoms with Crippen molar-refractivity contribution >= 4 is 35.2 Å². The minimum Gasteiger partial charge on any atom is -0.504 e. The quantitative estimate of drug-likeness (QED) is 0.239. The number of benzene rings is 1. The van der Waals surface area contributed by atoms with E-state index in [1.54, 1.807) is 0 Å². The minimum absolute atomic E-state index is 0. The Morgan fingerprint density at radius 2 is 1.95 bits per heavy atom. The second-order valence-electron chi connectivity index (χ2n) is 4.27. The number of nitrogens with one attached hydrogen (secondary N) is 1. The van der Waals surface area contributed by atoms with Gasteiger partial charge >= 0.3 is 0 Å². The highest BCUT2D eigenvalue weighted by Crippen LogP contribution is 2.26. The molecule has 0 spiro atoms. The standard InChI is InChI=1S/C14H12N2O4S.H2O/c1-2-5-16-13(20)9(12(19)15-14(16)21)6-8-3-4-10(17)11(18)7-8;/h2-4,6-7,17-18H,1,5H2,(H,15,19,21);1H2/b9-6-;. The van der Waals surface area contributed by atoms with Crippen molar-refractivity contribution < 1.29 is 25.3 Å². The van der Waals surface area contributed by atoms with Gasteiger partial charge in [-0.25, -0.2) is 0 Å². The molecule has 0 radical (unpaired) electrons. The molecule has 0 bridgehead atoms. The van der Waals surface area contributed by atoms with Gasteiger partial charge in [-0.3, -0.25) is 19.8 Å². The van der Waals surface area contributed by atoms with Crippen LogP contribution in [-0.2, 0) is 9.59 Å². The van der Waals surface area contributed by atoms with Crippen LogP contribution in [0, 0.1) is 0 Å². The SMILES string of the molecule is C=CCN1C(=O)/C(=C\c2ccc(O)c(O)c2)C(=O)NC1=S.O. The first-order valence-electron chi connectivity index (χ1n) is 5.95. The predicted molar refractivity (Wildman–Crippen MR) is 84.0 cm³/mol. The number of hydrogen-bond acceptors (Lipinski definition) is 5. The maximum atomic E-state index is 12.2. The number of amides is 2. The van der Waals surface area contributed by atoms with Crippen molar-refractivity contribution in [2.24, 2.45) is 0 Å². The van der Waals surface area contributed by atoms with Crippen LogP contribution in [0.2, 0.25) is 0 Å². The second-order valence-corrected chi connectivity index (χ2v) is 4.66. The first kappa shape index (κ1) is 17.3. The zero-order valence-corrected chi connectivity index (χ0v) is 12.2. The lowest BCUT2D eigenvalue weighted by Gasteiger charge is -2.27. The molecule has 22 heavy (non-hydrogen) atoms. The Morgan fingerprint density at radius 3 is 2.55 bits per heavy atom. The van der Waals surface area contributed by atoms with E-state index in [-0.39, 0.29) is 34.2 Å². The molecule has 116 valence electrons. The molecule has 5 N–H and O–H groups in total. The van der Waals surface area contributed by atoms with Gasteiger partial charge in [-0.15, -0.1) is 6.58 Å². The first-order valence-corrected chi connectivity index (χ1v) is 6.36. The molecular formula is C14H14N2O5S. The number of rotatable bonds is 3. The van der Waals surface area contributed by atoms with Crippen LogP contribution in [0.15, 0.2) is 36.4 Å². The highest BCUT2D eigenvalue weighted by Gasteiger charge is 2.32. The number of carbonyl (C=O) groups is 2. The lowest BCUT2D eigenvalue weighted by atomic mass is 10.1. The Bertz CT molecular complexity index is 684. The molecule has 2 rings (SSSR count). The Kier molecular flexibility index (Phi) is 5.39. The summed E-state index contributed by atoms with van der Waals surface area (Å²) in [4.78, 5) is 25.3. The summed E-state index contributed by atoms with van der Waals surface area (Å²) in [6.45, 7) is 3.70. The zero-order valence-electron chi connectivity index (χ0n) is 11.4. The molecule has 1 fully saturated rings. The summed E-state index contributed by atoms with van der Waals surface area (Å²) in [5.41, 5.74) is 0.283. The second kappa shape index (κ2) is 6.83. The van der Waals surface area contributed by atoms with Crippen LogP contribution in [0.5, 0.6) is 11.5 Å². The van der Waals surface area contributed by atoms with Gasteiger partial charge in [0.15, 0.2) is 16.6 Å². The van der Waals surface area contributed by atoms with E-state index in [0.29, 0.717) is 5.56 Å². The molecule has 0 unspecified atom stereocenters. The van der Waals surface area contributed by atoms with Gasteiger partial charge in [-0.1, -0.05) is 12.1 Å². The van der Waals surface area contributed by atoms with Crippen LogP contribution >= 0.6 is 12.2 Å². The summed E-state index contributed by atoms with van der Waals surface area (Å²) < 4.78 is 0. The molecule has 0 atom stereocenters. The van der Waals surface area contributed by atoms with Crippen molar-refractivity contribution in [3.63, 3.8) is 0 Å². The van der Waals surface area contributed by atoms with E-state index in [9.17, 15) is 19.8 Å². The van der Waals surface area contributed by atoms with E-state index in [1.165, 1.54) is 35.3 Å².